The molecule has 0 spiro atoms. The van der Waals surface area contributed by atoms with Crippen molar-refractivity contribution >= 4 is 37.8 Å². The zero-order chi connectivity index (χ0) is 35.0. The lowest BCUT2D eigenvalue weighted by Gasteiger charge is -2.37. The van der Waals surface area contributed by atoms with Crippen LogP contribution >= 0.6 is 0 Å². The minimum absolute atomic E-state index is 0.248. The SMILES string of the molecule is CCCCCCOc1ccc([SiH2]C(c2ccccc2)(c2ccccc2)n2ccnc2)cc1.c1ccc(B(c2ccccc2)c2ccccc2)cc1. The molecule has 0 saturated carbocycles. The summed E-state index contributed by atoms with van der Waals surface area (Å²) >= 11 is 0. The van der Waals surface area contributed by atoms with Crippen LogP contribution in [0.1, 0.15) is 43.7 Å². The third-order valence-corrected chi connectivity index (χ3v) is 12.1. The lowest BCUT2D eigenvalue weighted by molar-refractivity contribution is 0.305. The van der Waals surface area contributed by atoms with Gasteiger partial charge in [-0.2, -0.15) is 0 Å². The second-order valence-electron chi connectivity index (χ2n) is 13.0. The fourth-order valence-electron chi connectivity index (χ4n) is 6.90. The van der Waals surface area contributed by atoms with Gasteiger partial charge in [0.1, 0.15) is 5.75 Å². The molecule has 0 atom stereocenters. The fraction of sp³-hybridized carbons (Fsp3) is 0.152. The quantitative estimate of drug-likeness (QED) is 0.0891. The molecule has 0 saturated heterocycles. The Morgan fingerprint density at radius 3 is 1.47 bits per heavy atom. The van der Waals surface area contributed by atoms with Crippen molar-refractivity contribution in [3.63, 3.8) is 0 Å². The van der Waals surface area contributed by atoms with Crippen molar-refractivity contribution in [3.05, 3.63) is 206 Å². The molecule has 0 aliphatic heterocycles. The van der Waals surface area contributed by atoms with Gasteiger partial charge < -0.3 is 9.30 Å². The molecule has 0 N–H and O–H groups in total. The highest BCUT2D eigenvalue weighted by Crippen LogP contribution is 2.33. The van der Waals surface area contributed by atoms with Crippen LogP contribution in [0.25, 0.3) is 0 Å². The summed E-state index contributed by atoms with van der Waals surface area (Å²) in [5.41, 5.74) is 6.60. The number of hydrogen-bond donors (Lipinski definition) is 0. The molecule has 1 heterocycles. The van der Waals surface area contributed by atoms with Crippen molar-refractivity contribution < 1.29 is 4.74 Å². The van der Waals surface area contributed by atoms with Crippen LogP contribution in [0.4, 0.5) is 0 Å². The summed E-state index contributed by atoms with van der Waals surface area (Å²) < 4.78 is 8.27. The van der Waals surface area contributed by atoms with Crippen LogP contribution in [0, 0.1) is 0 Å². The zero-order valence-corrected chi connectivity index (χ0v) is 31.0. The monoisotopic (exact) mass is 682 g/mol. The number of rotatable bonds is 14. The first-order valence-electron chi connectivity index (χ1n) is 18.2. The third kappa shape index (κ3) is 9.24. The summed E-state index contributed by atoms with van der Waals surface area (Å²) in [5.74, 6) is 0.965. The smallest absolute Gasteiger partial charge is 0.241 e. The molecule has 7 rings (SSSR count). The maximum absolute atomic E-state index is 5.98. The lowest BCUT2D eigenvalue weighted by Crippen LogP contribution is -2.51. The standard InChI is InChI=1S/C28H32N2OSi.C18H15B/c1-2-3-4-11-22-31-26-16-18-27(19-17-26)32-28(30-21-20-29-23-30,24-12-7-5-8-13-24)25-14-9-6-10-15-25;1-4-10-16(11-5-1)19(17-12-6-2-7-13-17)18-14-8-3-9-15-18/h5-10,12-21,23H,2-4,11,22,32H2,1H3;1-15H. The van der Waals surface area contributed by atoms with E-state index in [0.717, 1.165) is 18.8 Å². The Hall–Kier alpha value is -5.39. The van der Waals surface area contributed by atoms with Crippen molar-refractivity contribution in [2.24, 2.45) is 0 Å². The molecule has 0 fully saturated rings. The van der Waals surface area contributed by atoms with Crippen LogP contribution in [0.2, 0.25) is 0 Å². The molecule has 6 aromatic carbocycles. The largest absolute Gasteiger partial charge is 0.494 e. The van der Waals surface area contributed by atoms with Crippen LogP contribution in [0.15, 0.2) is 195 Å². The van der Waals surface area contributed by atoms with Gasteiger partial charge in [-0.3, -0.25) is 0 Å². The highest BCUT2D eigenvalue weighted by molar-refractivity contribution is 6.95. The highest BCUT2D eigenvalue weighted by atomic mass is 28.2. The van der Waals surface area contributed by atoms with Crippen molar-refractivity contribution in [1.82, 2.24) is 9.55 Å². The molecule has 0 unspecified atom stereocenters. The highest BCUT2D eigenvalue weighted by Gasteiger charge is 2.36. The first-order chi connectivity index (χ1) is 25.3. The predicted octanol–water partition coefficient (Wildman–Crippen LogP) is 7.29. The Labute approximate surface area is 306 Å². The van der Waals surface area contributed by atoms with Gasteiger partial charge in [-0.05, 0) is 29.7 Å². The van der Waals surface area contributed by atoms with Crippen molar-refractivity contribution in [2.45, 2.75) is 37.8 Å². The van der Waals surface area contributed by atoms with Crippen LogP contribution < -0.4 is 26.3 Å². The summed E-state index contributed by atoms with van der Waals surface area (Å²) in [6.07, 6.45) is 10.8. The van der Waals surface area contributed by atoms with E-state index >= 15 is 0 Å². The van der Waals surface area contributed by atoms with Crippen LogP contribution in [0.5, 0.6) is 5.75 Å². The normalized spacial score (nSPS) is 11.2. The Bertz CT molecular complexity index is 1820. The van der Waals surface area contributed by atoms with Crippen molar-refractivity contribution in [2.75, 3.05) is 6.61 Å². The van der Waals surface area contributed by atoms with Crippen molar-refractivity contribution in [1.29, 1.82) is 0 Å². The molecule has 7 aromatic rings. The minimum atomic E-state index is -0.849. The molecule has 0 aliphatic rings. The number of hydrogen-bond acceptors (Lipinski definition) is 2. The lowest BCUT2D eigenvalue weighted by atomic mass is 9.37. The Morgan fingerprint density at radius 2 is 1.04 bits per heavy atom. The second kappa shape index (κ2) is 18.6. The zero-order valence-electron chi connectivity index (χ0n) is 29.6. The molecule has 51 heavy (non-hydrogen) atoms. The Morgan fingerprint density at radius 1 is 0.569 bits per heavy atom. The van der Waals surface area contributed by atoms with Gasteiger partial charge in [0.15, 0.2) is 0 Å². The summed E-state index contributed by atoms with van der Waals surface area (Å²) in [5, 5.41) is 1.14. The van der Waals surface area contributed by atoms with Crippen LogP contribution in [-0.2, 0) is 5.16 Å². The number of nitrogens with zero attached hydrogens (tertiary/aromatic N) is 2. The van der Waals surface area contributed by atoms with E-state index in [0.29, 0.717) is 6.71 Å². The van der Waals surface area contributed by atoms with E-state index in [4.69, 9.17) is 4.74 Å². The van der Waals surface area contributed by atoms with Gasteiger partial charge >= 0.3 is 0 Å². The minimum Gasteiger partial charge on any atom is -0.494 e. The summed E-state index contributed by atoms with van der Waals surface area (Å²) in [6.45, 7) is 3.34. The molecule has 0 radical (unpaired) electrons. The Balaban J connectivity index is 0.000000200. The van der Waals surface area contributed by atoms with Crippen LogP contribution in [-0.4, -0.2) is 32.4 Å². The molecule has 0 amide bonds. The number of benzene rings is 6. The van der Waals surface area contributed by atoms with Gasteiger partial charge in [0.25, 0.3) is 0 Å². The first-order valence-corrected chi connectivity index (χ1v) is 19.7. The number of aromatic nitrogens is 2. The molecular weight excluding hydrogens is 635 g/mol. The van der Waals surface area contributed by atoms with Gasteiger partial charge in [0.2, 0.25) is 6.71 Å². The summed E-state index contributed by atoms with van der Waals surface area (Å²) in [6, 6.07) is 62.5. The van der Waals surface area contributed by atoms with Gasteiger partial charge in [-0.25, -0.2) is 4.98 Å². The summed E-state index contributed by atoms with van der Waals surface area (Å²) in [4.78, 5) is 4.41. The van der Waals surface area contributed by atoms with Gasteiger partial charge in [0, 0.05) is 12.4 Å². The van der Waals surface area contributed by atoms with E-state index in [2.05, 4.69) is 199 Å². The maximum Gasteiger partial charge on any atom is 0.241 e. The molecule has 1 aromatic heterocycles. The van der Waals surface area contributed by atoms with E-state index < -0.39 is 9.52 Å². The number of unbranched alkanes of at least 4 members (excludes halogenated alkanes) is 3. The van der Waals surface area contributed by atoms with E-state index in [1.165, 1.54) is 52.0 Å². The fourth-order valence-corrected chi connectivity index (χ4v) is 9.22. The number of imidazole rings is 1. The van der Waals surface area contributed by atoms with E-state index in [1.807, 2.05) is 12.5 Å². The number of ether oxygens (including phenoxy) is 1. The first kappa shape index (κ1) is 35.4. The Kier molecular flexibility index (Phi) is 12.9. The second-order valence-corrected chi connectivity index (χ2v) is 15.2. The van der Waals surface area contributed by atoms with Gasteiger partial charge in [0.05, 0.1) is 27.6 Å². The topological polar surface area (TPSA) is 27.1 Å². The van der Waals surface area contributed by atoms with Gasteiger partial charge in [-0.15, -0.1) is 0 Å². The van der Waals surface area contributed by atoms with E-state index in [-0.39, 0.29) is 5.16 Å². The molecule has 254 valence electrons. The van der Waals surface area contributed by atoms with Gasteiger partial charge in [-0.1, -0.05) is 212 Å². The third-order valence-electron chi connectivity index (χ3n) is 9.50. The predicted molar refractivity (Wildman–Crippen MR) is 220 cm³/mol. The van der Waals surface area contributed by atoms with Crippen molar-refractivity contribution in [3.8, 4) is 5.75 Å². The molecule has 0 bridgehead atoms. The maximum atomic E-state index is 5.98. The molecule has 0 aliphatic carbocycles. The average Bonchev–Trinajstić information content (AvgIpc) is 3.76. The molecular formula is C46H47BN2OSi. The van der Waals surface area contributed by atoms with Crippen LogP contribution in [0.3, 0.4) is 0 Å². The molecule has 3 nitrogen and oxygen atoms in total. The average molecular weight is 683 g/mol. The van der Waals surface area contributed by atoms with E-state index in [1.54, 1.807) is 0 Å². The molecule has 5 heteroatoms. The van der Waals surface area contributed by atoms with E-state index in [9.17, 15) is 0 Å². The summed E-state index contributed by atoms with van der Waals surface area (Å²) in [7, 11) is -0.849.